The molecule has 4 nitrogen and oxygen atoms in total. The molecule has 92 valence electrons. The highest BCUT2D eigenvalue weighted by Gasteiger charge is 2.10. The number of aliphatic hydroxyl groups is 1. The number of aliphatic hydroxyl groups excluding tert-OH is 1. The van der Waals surface area contributed by atoms with Crippen LogP contribution in [0.5, 0.6) is 0 Å². The first kappa shape index (κ1) is 11.2. The molecule has 0 fully saturated rings. The van der Waals surface area contributed by atoms with Crippen LogP contribution >= 0.6 is 0 Å². The van der Waals surface area contributed by atoms with E-state index in [1.807, 2.05) is 10.5 Å². The number of rotatable bonds is 2. The molecule has 2 aromatic heterocycles. The molecular weight excluding hydrogens is 226 g/mol. The average molecular weight is 241 g/mol. The first-order chi connectivity index (χ1) is 8.70. The summed E-state index contributed by atoms with van der Waals surface area (Å²) in [6.07, 6.45) is 0.521. The van der Waals surface area contributed by atoms with Crippen LogP contribution in [0.1, 0.15) is 17.0 Å². The van der Waals surface area contributed by atoms with Gasteiger partial charge in [-0.1, -0.05) is 11.6 Å². The minimum atomic E-state index is 0.0853. The molecule has 3 rings (SSSR count). The number of benzene rings is 1. The lowest BCUT2D eigenvalue weighted by molar-refractivity contribution is 0.296. The lowest BCUT2D eigenvalue weighted by Crippen LogP contribution is -2.00. The highest BCUT2D eigenvalue weighted by molar-refractivity contribution is 5.86. The van der Waals surface area contributed by atoms with Gasteiger partial charge in [0.25, 0.3) is 0 Å². The molecule has 18 heavy (non-hydrogen) atoms. The zero-order valence-electron chi connectivity index (χ0n) is 10.5. The first-order valence-electron chi connectivity index (χ1n) is 6.05. The maximum atomic E-state index is 9.09. The summed E-state index contributed by atoms with van der Waals surface area (Å²) in [7, 11) is 0. The number of hydrogen-bond donors (Lipinski definition) is 1. The summed E-state index contributed by atoms with van der Waals surface area (Å²) in [6, 6.07) is 8.39. The van der Waals surface area contributed by atoms with E-state index in [1.165, 1.54) is 16.5 Å². The fourth-order valence-electron chi connectivity index (χ4n) is 2.38. The van der Waals surface area contributed by atoms with Crippen LogP contribution in [0.3, 0.4) is 0 Å². The third-order valence-corrected chi connectivity index (χ3v) is 3.25. The summed E-state index contributed by atoms with van der Waals surface area (Å²) in [5, 5.41) is 18.6. The molecule has 0 bridgehead atoms. The van der Waals surface area contributed by atoms with E-state index in [-0.39, 0.29) is 6.61 Å². The van der Waals surface area contributed by atoms with E-state index in [9.17, 15) is 0 Å². The maximum Gasteiger partial charge on any atom is 0.161 e. The van der Waals surface area contributed by atoms with Gasteiger partial charge in [-0.05, 0) is 37.6 Å². The summed E-state index contributed by atoms with van der Waals surface area (Å²) < 4.78 is 2.03. The van der Waals surface area contributed by atoms with Crippen molar-refractivity contribution >= 4 is 16.6 Å². The Balaban J connectivity index is 2.45. The summed E-state index contributed by atoms with van der Waals surface area (Å²) in [5.74, 6) is 0.807. The van der Waals surface area contributed by atoms with Crippen LogP contribution in [0, 0.1) is 13.8 Å². The van der Waals surface area contributed by atoms with Gasteiger partial charge in [-0.25, -0.2) is 0 Å². The monoisotopic (exact) mass is 241 g/mol. The fourth-order valence-corrected chi connectivity index (χ4v) is 2.38. The van der Waals surface area contributed by atoms with Crippen molar-refractivity contribution in [2.45, 2.75) is 20.3 Å². The average Bonchev–Trinajstić information content (AvgIpc) is 2.73. The van der Waals surface area contributed by atoms with Gasteiger partial charge in [0.1, 0.15) is 5.82 Å². The Morgan fingerprint density at radius 2 is 2.00 bits per heavy atom. The van der Waals surface area contributed by atoms with Crippen molar-refractivity contribution in [3.8, 4) is 0 Å². The number of aromatic nitrogens is 3. The molecule has 4 heteroatoms. The third kappa shape index (κ3) is 1.57. The smallest absolute Gasteiger partial charge is 0.161 e. The number of fused-ring (bicyclic) bond motifs is 3. The normalized spacial score (nSPS) is 11.5. The van der Waals surface area contributed by atoms with Crippen molar-refractivity contribution in [1.29, 1.82) is 0 Å². The summed E-state index contributed by atoms with van der Waals surface area (Å²) in [6.45, 7) is 4.26. The molecule has 0 atom stereocenters. The topological polar surface area (TPSA) is 50.4 Å². The maximum absolute atomic E-state index is 9.09. The SMILES string of the molecule is Cc1ccc2c(c1)c(C)cc1nnc(CCO)n12. The number of aryl methyl sites for hydroxylation is 2. The summed E-state index contributed by atoms with van der Waals surface area (Å²) in [5.41, 5.74) is 4.38. The standard InChI is InChI=1S/C14H15N3O/c1-9-3-4-12-11(7-9)10(2)8-14-16-15-13(5-6-18)17(12)14/h3-4,7-8,18H,5-6H2,1-2H3. The third-order valence-electron chi connectivity index (χ3n) is 3.25. The van der Waals surface area contributed by atoms with E-state index in [0.717, 1.165) is 17.0 Å². The number of hydrogen-bond acceptors (Lipinski definition) is 3. The van der Waals surface area contributed by atoms with E-state index in [4.69, 9.17) is 5.11 Å². The fraction of sp³-hybridized carbons (Fsp3) is 0.286. The zero-order valence-corrected chi connectivity index (χ0v) is 10.5. The molecule has 0 amide bonds. The van der Waals surface area contributed by atoms with Crippen molar-refractivity contribution in [2.75, 3.05) is 6.61 Å². The summed E-state index contributed by atoms with van der Waals surface area (Å²) >= 11 is 0. The van der Waals surface area contributed by atoms with Crippen molar-refractivity contribution in [3.05, 3.63) is 41.2 Å². The van der Waals surface area contributed by atoms with Gasteiger partial charge < -0.3 is 5.11 Å². The van der Waals surface area contributed by atoms with Gasteiger partial charge in [0.2, 0.25) is 0 Å². The quantitative estimate of drug-likeness (QED) is 0.747. The Bertz CT molecular complexity index is 731. The van der Waals surface area contributed by atoms with Crippen molar-refractivity contribution < 1.29 is 5.11 Å². The highest BCUT2D eigenvalue weighted by Crippen LogP contribution is 2.23. The Hall–Kier alpha value is -1.94. The number of nitrogens with zero attached hydrogens (tertiary/aromatic N) is 3. The molecule has 2 heterocycles. The second-order valence-electron chi connectivity index (χ2n) is 4.63. The minimum absolute atomic E-state index is 0.0853. The predicted octanol–water partition coefficient (Wildman–Crippen LogP) is 2.03. The van der Waals surface area contributed by atoms with Gasteiger partial charge in [0, 0.05) is 11.8 Å². The second-order valence-corrected chi connectivity index (χ2v) is 4.63. The van der Waals surface area contributed by atoms with Gasteiger partial charge in [-0.2, -0.15) is 0 Å². The molecule has 1 N–H and O–H groups in total. The lowest BCUT2D eigenvalue weighted by atomic mass is 10.1. The highest BCUT2D eigenvalue weighted by atomic mass is 16.3. The van der Waals surface area contributed by atoms with Gasteiger partial charge in [-0.3, -0.25) is 4.40 Å². The molecule has 3 aromatic rings. The van der Waals surface area contributed by atoms with Crippen LogP contribution in [-0.4, -0.2) is 26.3 Å². The van der Waals surface area contributed by atoms with E-state index >= 15 is 0 Å². The Labute approximate surface area is 105 Å². The molecule has 0 aliphatic carbocycles. The van der Waals surface area contributed by atoms with Crippen molar-refractivity contribution in [2.24, 2.45) is 0 Å². The van der Waals surface area contributed by atoms with E-state index in [1.54, 1.807) is 0 Å². The predicted molar refractivity (Wildman–Crippen MR) is 70.8 cm³/mol. The molecule has 0 saturated heterocycles. The Morgan fingerprint density at radius 3 is 2.78 bits per heavy atom. The van der Waals surface area contributed by atoms with Crippen LogP contribution in [0.2, 0.25) is 0 Å². The Kier molecular flexibility index (Phi) is 2.52. The van der Waals surface area contributed by atoms with Gasteiger partial charge in [0.15, 0.2) is 5.65 Å². The van der Waals surface area contributed by atoms with E-state index in [0.29, 0.717) is 6.42 Å². The minimum Gasteiger partial charge on any atom is -0.396 e. The van der Waals surface area contributed by atoms with Gasteiger partial charge >= 0.3 is 0 Å². The van der Waals surface area contributed by atoms with Crippen LogP contribution in [-0.2, 0) is 6.42 Å². The first-order valence-corrected chi connectivity index (χ1v) is 6.05. The van der Waals surface area contributed by atoms with Gasteiger partial charge in [-0.15, -0.1) is 10.2 Å². The van der Waals surface area contributed by atoms with Crippen molar-refractivity contribution in [1.82, 2.24) is 14.6 Å². The second kappa shape index (κ2) is 4.07. The molecule has 1 aromatic carbocycles. The largest absolute Gasteiger partial charge is 0.396 e. The Morgan fingerprint density at radius 1 is 1.17 bits per heavy atom. The molecular formula is C14H15N3O. The molecule has 0 unspecified atom stereocenters. The molecule has 0 radical (unpaired) electrons. The van der Waals surface area contributed by atoms with Crippen LogP contribution < -0.4 is 0 Å². The molecule has 0 aliphatic rings. The molecule has 0 saturated carbocycles. The van der Waals surface area contributed by atoms with E-state index < -0.39 is 0 Å². The van der Waals surface area contributed by atoms with Crippen LogP contribution in [0.25, 0.3) is 16.6 Å². The molecule has 0 spiro atoms. The number of pyridine rings is 1. The van der Waals surface area contributed by atoms with Gasteiger partial charge in [0.05, 0.1) is 12.1 Å². The van der Waals surface area contributed by atoms with Crippen LogP contribution in [0.4, 0.5) is 0 Å². The van der Waals surface area contributed by atoms with E-state index in [2.05, 4.69) is 42.2 Å². The van der Waals surface area contributed by atoms with Crippen LogP contribution in [0.15, 0.2) is 24.3 Å². The molecule has 0 aliphatic heterocycles. The zero-order chi connectivity index (χ0) is 12.7. The van der Waals surface area contributed by atoms with Crippen molar-refractivity contribution in [3.63, 3.8) is 0 Å². The summed E-state index contributed by atoms with van der Waals surface area (Å²) in [4.78, 5) is 0. The lowest BCUT2D eigenvalue weighted by Gasteiger charge is -2.08.